The lowest BCUT2D eigenvalue weighted by Gasteiger charge is -2.14. The van der Waals surface area contributed by atoms with Gasteiger partial charge in [0.2, 0.25) is 5.91 Å². The van der Waals surface area contributed by atoms with Crippen molar-refractivity contribution < 1.29 is 24.2 Å². The van der Waals surface area contributed by atoms with Gasteiger partial charge >= 0.3 is 5.97 Å². The fraction of sp³-hybridized carbons (Fsp3) is 0.385. The van der Waals surface area contributed by atoms with Crippen LogP contribution in [0, 0.1) is 6.92 Å². The summed E-state index contributed by atoms with van der Waals surface area (Å²) in [6, 6.07) is 3.47. The Labute approximate surface area is 111 Å². The van der Waals surface area contributed by atoms with E-state index in [1.807, 2.05) is 6.92 Å². The Kier molecular flexibility index (Phi) is 5.17. The zero-order valence-corrected chi connectivity index (χ0v) is 11.1. The number of rotatable bonds is 6. The van der Waals surface area contributed by atoms with Crippen LogP contribution in [0.4, 0.5) is 0 Å². The molecule has 0 aliphatic heterocycles. The Bertz CT molecular complexity index is 484. The molecule has 0 saturated carbocycles. The molecule has 0 atom stereocenters. The molecule has 1 amide bonds. The van der Waals surface area contributed by atoms with Gasteiger partial charge < -0.3 is 19.9 Å². The lowest BCUT2D eigenvalue weighted by Crippen LogP contribution is -2.30. The molecule has 2 N–H and O–H groups in total. The van der Waals surface area contributed by atoms with Gasteiger partial charge in [0.25, 0.3) is 0 Å². The molecule has 0 aromatic heterocycles. The number of hydrogen-bond donors (Lipinski definition) is 2. The quantitative estimate of drug-likeness (QED) is 0.794. The van der Waals surface area contributed by atoms with Gasteiger partial charge in [-0.05, 0) is 13.0 Å². The van der Waals surface area contributed by atoms with Crippen molar-refractivity contribution in [1.29, 1.82) is 0 Å². The maximum absolute atomic E-state index is 11.6. The largest absolute Gasteiger partial charge is 0.496 e. The number of methoxy groups -OCH3 is 2. The Morgan fingerprint density at radius 1 is 1.26 bits per heavy atom. The second kappa shape index (κ2) is 6.63. The highest BCUT2D eigenvalue weighted by atomic mass is 16.5. The number of carbonyl (C=O) groups is 2. The second-order valence-electron chi connectivity index (χ2n) is 3.93. The van der Waals surface area contributed by atoms with Crippen molar-refractivity contribution in [3.8, 4) is 11.5 Å². The molecule has 0 aliphatic carbocycles. The summed E-state index contributed by atoms with van der Waals surface area (Å²) in [6.07, 6.45) is 0.0568. The summed E-state index contributed by atoms with van der Waals surface area (Å²) in [5.74, 6) is -0.201. The Morgan fingerprint density at radius 3 is 2.47 bits per heavy atom. The molecule has 0 radical (unpaired) electrons. The first kappa shape index (κ1) is 14.8. The molecule has 6 heteroatoms. The molecule has 0 unspecified atom stereocenters. The van der Waals surface area contributed by atoms with E-state index in [4.69, 9.17) is 14.6 Å². The van der Waals surface area contributed by atoms with Crippen LogP contribution in [-0.2, 0) is 16.0 Å². The third-order valence-electron chi connectivity index (χ3n) is 2.65. The fourth-order valence-corrected chi connectivity index (χ4v) is 1.78. The van der Waals surface area contributed by atoms with Gasteiger partial charge in [-0.3, -0.25) is 9.59 Å². The number of ether oxygens (including phenoxy) is 2. The zero-order chi connectivity index (χ0) is 14.4. The molecule has 104 valence electrons. The van der Waals surface area contributed by atoms with Crippen molar-refractivity contribution in [2.75, 3.05) is 20.8 Å². The molecular weight excluding hydrogens is 250 g/mol. The Hall–Kier alpha value is -2.24. The monoisotopic (exact) mass is 267 g/mol. The summed E-state index contributed by atoms with van der Waals surface area (Å²) in [4.78, 5) is 22.0. The van der Waals surface area contributed by atoms with Crippen molar-refractivity contribution in [3.05, 3.63) is 23.3 Å². The van der Waals surface area contributed by atoms with Crippen LogP contribution in [0.15, 0.2) is 12.1 Å². The number of carbonyl (C=O) groups excluding carboxylic acids is 1. The zero-order valence-electron chi connectivity index (χ0n) is 11.1. The average Bonchev–Trinajstić information content (AvgIpc) is 2.37. The van der Waals surface area contributed by atoms with E-state index < -0.39 is 12.5 Å². The first-order valence-corrected chi connectivity index (χ1v) is 5.68. The number of hydrogen-bond acceptors (Lipinski definition) is 4. The number of nitrogens with one attached hydrogen (secondary N) is 1. The van der Waals surface area contributed by atoms with E-state index in [0.29, 0.717) is 17.1 Å². The van der Waals surface area contributed by atoms with E-state index in [9.17, 15) is 9.59 Å². The molecule has 0 spiro atoms. The van der Waals surface area contributed by atoms with Gasteiger partial charge in [-0.25, -0.2) is 0 Å². The van der Waals surface area contributed by atoms with Crippen molar-refractivity contribution >= 4 is 11.9 Å². The molecule has 1 rings (SSSR count). The lowest BCUT2D eigenvalue weighted by atomic mass is 10.1. The smallest absolute Gasteiger partial charge is 0.322 e. The first-order chi connectivity index (χ1) is 8.99. The number of carboxylic acids is 1. The molecular formula is C13H17NO5. The third kappa shape index (κ3) is 3.87. The van der Waals surface area contributed by atoms with Crippen molar-refractivity contribution in [1.82, 2.24) is 5.32 Å². The molecule has 19 heavy (non-hydrogen) atoms. The molecule has 1 aromatic carbocycles. The van der Waals surface area contributed by atoms with Crippen molar-refractivity contribution in [2.45, 2.75) is 13.3 Å². The van der Waals surface area contributed by atoms with Crippen LogP contribution >= 0.6 is 0 Å². The van der Waals surface area contributed by atoms with Gasteiger partial charge in [-0.15, -0.1) is 0 Å². The van der Waals surface area contributed by atoms with Gasteiger partial charge in [0, 0.05) is 11.1 Å². The minimum absolute atomic E-state index is 0.0568. The summed E-state index contributed by atoms with van der Waals surface area (Å²) in [5, 5.41) is 10.8. The second-order valence-corrected chi connectivity index (χ2v) is 3.93. The van der Waals surface area contributed by atoms with Gasteiger partial charge in [0.15, 0.2) is 0 Å². The minimum atomic E-state index is -1.08. The maximum atomic E-state index is 11.6. The van der Waals surface area contributed by atoms with Crippen LogP contribution in [0.2, 0.25) is 0 Å². The first-order valence-electron chi connectivity index (χ1n) is 5.68. The molecule has 0 bridgehead atoms. The number of carboxylic acid groups (broad SMARTS) is 1. The molecule has 6 nitrogen and oxygen atoms in total. The minimum Gasteiger partial charge on any atom is -0.496 e. The van der Waals surface area contributed by atoms with Gasteiger partial charge in [-0.1, -0.05) is 6.07 Å². The summed E-state index contributed by atoms with van der Waals surface area (Å²) in [5.41, 5.74) is 1.48. The van der Waals surface area contributed by atoms with E-state index in [2.05, 4.69) is 5.32 Å². The van der Waals surface area contributed by atoms with E-state index in [1.54, 1.807) is 19.2 Å². The van der Waals surface area contributed by atoms with Gasteiger partial charge in [0.05, 0.1) is 20.6 Å². The number of benzene rings is 1. The highest BCUT2D eigenvalue weighted by Gasteiger charge is 2.14. The summed E-state index contributed by atoms with van der Waals surface area (Å²) < 4.78 is 10.4. The van der Waals surface area contributed by atoms with Gasteiger partial charge in [0.1, 0.15) is 18.0 Å². The highest BCUT2D eigenvalue weighted by Crippen LogP contribution is 2.31. The molecule has 0 aliphatic rings. The predicted octanol–water partition coefficient (Wildman–Crippen LogP) is 0.756. The van der Waals surface area contributed by atoms with Crippen LogP contribution in [0.5, 0.6) is 11.5 Å². The standard InChI is InChI=1S/C13H17NO5/c1-8-10(18-2)5-4-9(13(8)19-3)6-11(15)14-7-12(16)17/h4-5H,6-7H2,1-3H3,(H,14,15)(H,16,17). The normalized spacial score (nSPS) is 9.84. The van der Waals surface area contributed by atoms with Crippen LogP contribution in [0.3, 0.4) is 0 Å². The molecule has 1 aromatic rings. The summed E-state index contributed by atoms with van der Waals surface area (Å²) >= 11 is 0. The van der Waals surface area contributed by atoms with E-state index in [0.717, 1.165) is 5.56 Å². The Balaban J connectivity index is 2.86. The van der Waals surface area contributed by atoms with Crippen LogP contribution in [0.1, 0.15) is 11.1 Å². The van der Waals surface area contributed by atoms with Crippen molar-refractivity contribution in [2.24, 2.45) is 0 Å². The number of aliphatic carboxylic acids is 1. The summed E-state index contributed by atoms with van der Waals surface area (Å²) in [7, 11) is 3.07. The van der Waals surface area contributed by atoms with Crippen LogP contribution < -0.4 is 14.8 Å². The number of amides is 1. The Morgan fingerprint density at radius 2 is 1.95 bits per heavy atom. The topological polar surface area (TPSA) is 84.9 Å². The molecule has 0 fully saturated rings. The summed E-state index contributed by atoms with van der Waals surface area (Å²) in [6.45, 7) is 1.44. The lowest BCUT2D eigenvalue weighted by molar-refractivity contribution is -0.137. The fourth-order valence-electron chi connectivity index (χ4n) is 1.78. The average molecular weight is 267 g/mol. The van der Waals surface area contributed by atoms with Crippen LogP contribution in [0.25, 0.3) is 0 Å². The van der Waals surface area contributed by atoms with E-state index in [-0.39, 0.29) is 12.3 Å². The van der Waals surface area contributed by atoms with Gasteiger partial charge in [-0.2, -0.15) is 0 Å². The van der Waals surface area contributed by atoms with E-state index in [1.165, 1.54) is 7.11 Å². The highest BCUT2D eigenvalue weighted by molar-refractivity contribution is 5.83. The SMILES string of the molecule is COc1ccc(CC(=O)NCC(=O)O)c(OC)c1C. The maximum Gasteiger partial charge on any atom is 0.322 e. The predicted molar refractivity (Wildman–Crippen MR) is 68.6 cm³/mol. The molecule has 0 heterocycles. The van der Waals surface area contributed by atoms with Crippen LogP contribution in [-0.4, -0.2) is 37.7 Å². The third-order valence-corrected chi connectivity index (χ3v) is 2.65. The van der Waals surface area contributed by atoms with E-state index >= 15 is 0 Å². The molecule has 0 saturated heterocycles. The van der Waals surface area contributed by atoms with Crippen molar-refractivity contribution in [3.63, 3.8) is 0 Å².